The molecule has 2 heteroatoms. The van der Waals surface area contributed by atoms with Crippen LogP contribution in [0.15, 0.2) is 91.0 Å². The Morgan fingerprint density at radius 3 is 2.26 bits per heavy atom. The van der Waals surface area contributed by atoms with Crippen LogP contribution in [0.1, 0.15) is 91.3 Å². The van der Waals surface area contributed by atoms with E-state index in [1.54, 1.807) is 0 Å². The highest BCUT2D eigenvalue weighted by atomic mass is 16.5. The van der Waals surface area contributed by atoms with Gasteiger partial charge >= 0.3 is 5.97 Å². The lowest BCUT2D eigenvalue weighted by atomic mass is 9.75. The van der Waals surface area contributed by atoms with Gasteiger partial charge in [0.15, 0.2) is 0 Å². The molecule has 182 valence electrons. The molecule has 0 unspecified atom stereocenters. The first-order chi connectivity index (χ1) is 17.1. The van der Waals surface area contributed by atoms with Gasteiger partial charge in [0.05, 0.1) is 5.56 Å². The molecule has 0 aromatic heterocycles. The average Bonchev–Trinajstić information content (AvgIpc) is 2.91. The number of carbonyl (C=O) groups is 1. The zero-order chi connectivity index (χ0) is 24.5. The molecule has 0 bridgehead atoms. The van der Waals surface area contributed by atoms with E-state index in [1.165, 1.54) is 48.8 Å². The zero-order valence-corrected chi connectivity index (χ0v) is 21.2. The van der Waals surface area contributed by atoms with Gasteiger partial charge in [-0.2, -0.15) is 0 Å². The Morgan fingerprint density at radius 1 is 0.914 bits per heavy atom. The molecule has 3 aromatic rings. The van der Waals surface area contributed by atoms with Crippen LogP contribution < -0.4 is 4.74 Å². The largest absolute Gasteiger partial charge is 0.423 e. The Hall–Kier alpha value is -3.13. The van der Waals surface area contributed by atoms with Crippen molar-refractivity contribution in [1.82, 2.24) is 0 Å². The van der Waals surface area contributed by atoms with Crippen LogP contribution in [0, 0.1) is 5.92 Å². The SMILES string of the molecule is CC=CCCc1ccc(OC(=O)c2ccc(C3CCC(C[C@@H](C)c4ccccc4)CC3)cc2)cc1. The molecule has 0 heterocycles. The minimum atomic E-state index is -0.295. The number of carbonyl (C=O) groups excluding carboxylic acids is 1. The van der Waals surface area contributed by atoms with Crippen molar-refractivity contribution in [1.29, 1.82) is 0 Å². The van der Waals surface area contributed by atoms with Crippen LogP contribution in [0.4, 0.5) is 0 Å². The number of allylic oxidation sites excluding steroid dienone is 2. The van der Waals surface area contributed by atoms with Gasteiger partial charge in [-0.25, -0.2) is 4.79 Å². The van der Waals surface area contributed by atoms with E-state index < -0.39 is 0 Å². The summed E-state index contributed by atoms with van der Waals surface area (Å²) in [4.78, 5) is 12.6. The molecule has 0 N–H and O–H groups in total. The number of hydrogen-bond donors (Lipinski definition) is 0. The topological polar surface area (TPSA) is 26.3 Å². The highest BCUT2D eigenvalue weighted by molar-refractivity contribution is 5.91. The summed E-state index contributed by atoms with van der Waals surface area (Å²) in [5.41, 5.74) is 4.66. The monoisotopic (exact) mass is 466 g/mol. The molecule has 0 amide bonds. The molecule has 1 aliphatic carbocycles. The molecule has 1 fully saturated rings. The molecule has 0 spiro atoms. The summed E-state index contributed by atoms with van der Waals surface area (Å²) in [5, 5.41) is 0. The first kappa shape index (κ1) is 25.0. The van der Waals surface area contributed by atoms with Gasteiger partial charge < -0.3 is 4.74 Å². The van der Waals surface area contributed by atoms with Crippen molar-refractivity contribution in [3.05, 3.63) is 113 Å². The van der Waals surface area contributed by atoms with Gasteiger partial charge in [0.25, 0.3) is 0 Å². The van der Waals surface area contributed by atoms with Crippen molar-refractivity contribution >= 4 is 5.97 Å². The molecular formula is C33H38O2. The minimum Gasteiger partial charge on any atom is -0.423 e. The molecule has 2 nitrogen and oxygen atoms in total. The molecule has 0 aliphatic heterocycles. The average molecular weight is 467 g/mol. The first-order valence-electron chi connectivity index (χ1n) is 13.2. The van der Waals surface area contributed by atoms with Crippen molar-refractivity contribution in [2.75, 3.05) is 0 Å². The second kappa shape index (κ2) is 12.5. The highest BCUT2D eigenvalue weighted by Gasteiger charge is 2.24. The van der Waals surface area contributed by atoms with Crippen LogP contribution in [-0.4, -0.2) is 5.97 Å². The lowest BCUT2D eigenvalue weighted by molar-refractivity contribution is 0.0734. The fraction of sp³-hybridized carbons (Fsp3) is 0.364. The maximum Gasteiger partial charge on any atom is 0.343 e. The third-order valence-electron chi connectivity index (χ3n) is 7.49. The van der Waals surface area contributed by atoms with Crippen LogP contribution in [-0.2, 0) is 6.42 Å². The smallest absolute Gasteiger partial charge is 0.343 e. The van der Waals surface area contributed by atoms with E-state index in [9.17, 15) is 4.79 Å². The quantitative estimate of drug-likeness (QED) is 0.179. The van der Waals surface area contributed by atoms with Crippen molar-refractivity contribution in [3.63, 3.8) is 0 Å². The molecule has 1 atom stereocenters. The Kier molecular flexibility index (Phi) is 8.95. The van der Waals surface area contributed by atoms with E-state index in [-0.39, 0.29) is 5.97 Å². The van der Waals surface area contributed by atoms with E-state index in [0.717, 1.165) is 18.8 Å². The van der Waals surface area contributed by atoms with E-state index in [2.05, 4.69) is 61.5 Å². The summed E-state index contributed by atoms with van der Waals surface area (Å²) in [7, 11) is 0. The van der Waals surface area contributed by atoms with Crippen molar-refractivity contribution in [3.8, 4) is 5.75 Å². The molecule has 0 radical (unpaired) electrons. The van der Waals surface area contributed by atoms with Gasteiger partial charge in [-0.15, -0.1) is 0 Å². The lowest BCUT2D eigenvalue weighted by Crippen LogP contribution is -2.15. The molecule has 4 rings (SSSR count). The fourth-order valence-electron chi connectivity index (χ4n) is 5.35. The van der Waals surface area contributed by atoms with Gasteiger partial charge in [-0.05, 0) is 111 Å². The number of hydrogen-bond acceptors (Lipinski definition) is 2. The Labute approximate surface area is 211 Å². The van der Waals surface area contributed by atoms with Crippen LogP contribution in [0.25, 0.3) is 0 Å². The van der Waals surface area contributed by atoms with Crippen LogP contribution in [0.3, 0.4) is 0 Å². The van der Waals surface area contributed by atoms with Crippen LogP contribution >= 0.6 is 0 Å². The Morgan fingerprint density at radius 2 is 1.60 bits per heavy atom. The number of benzene rings is 3. The summed E-state index contributed by atoms with van der Waals surface area (Å²) in [5.74, 6) is 2.33. The predicted octanol–water partition coefficient (Wildman–Crippen LogP) is 8.88. The Bertz CT molecular complexity index is 1070. The number of esters is 1. The fourth-order valence-corrected chi connectivity index (χ4v) is 5.35. The highest BCUT2D eigenvalue weighted by Crippen LogP contribution is 2.39. The maximum absolute atomic E-state index is 12.6. The minimum absolute atomic E-state index is 0.295. The third kappa shape index (κ3) is 7.18. The lowest BCUT2D eigenvalue weighted by Gasteiger charge is -2.30. The first-order valence-corrected chi connectivity index (χ1v) is 13.2. The van der Waals surface area contributed by atoms with E-state index in [4.69, 9.17) is 4.74 Å². The number of rotatable bonds is 9. The molecule has 35 heavy (non-hydrogen) atoms. The van der Waals surface area contributed by atoms with E-state index >= 15 is 0 Å². The van der Waals surface area contributed by atoms with Gasteiger partial charge in [0, 0.05) is 0 Å². The number of aryl methyl sites for hydroxylation is 1. The summed E-state index contributed by atoms with van der Waals surface area (Å²) < 4.78 is 5.60. The second-order valence-electron chi connectivity index (χ2n) is 10.0. The summed E-state index contributed by atoms with van der Waals surface area (Å²) in [6.45, 7) is 4.40. The standard InChI is InChI=1S/C33H38O2/c1-3-4-6-9-26-14-22-32(23-15-26)35-33(34)31-20-18-30(19-21-31)29-16-12-27(13-17-29)24-25(2)28-10-7-5-8-11-28/h3-5,7-8,10-11,14-15,18-23,25,27,29H,6,9,12-13,16-17,24H2,1-2H3/t25-,27?,29?/m1/s1. The van der Waals surface area contributed by atoms with Gasteiger partial charge in [0.1, 0.15) is 5.75 Å². The Balaban J connectivity index is 1.25. The zero-order valence-electron chi connectivity index (χ0n) is 21.2. The molecule has 3 aromatic carbocycles. The molecule has 0 saturated heterocycles. The van der Waals surface area contributed by atoms with E-state index in [0.29, 0.717) is 23.1 Å². The summed E-state index contributed by atoms with van der Waals surface area (Å²) >= 11 is 0. The maximum atomic E-state index is 12.6. The van der Waals surface area contributed by atoms with Crippen molar-refractivity contribution in [2.45, 2.75) is 70.6 Å². The van der Waals surface area contributed by atoms with Crippen LogP contribution in [0.2, 0.25) is 0 Å². The predicted molar refractivity (Wildman–Crippen MR) is 145 cm³/mol. The van der Waals surface area contributed by atoms with Gasteiger partial charge in [-0.1, -0.05) is 73.7 Å². The molecule has 1 aliphatic rings. The second-order valence-corrected chi connectivity index (χ2v) is 10.0. The van der Waals surface area contributed by atoms with Gasteiger partial charge in [-0.3, -0.25) is 0 Å². The van der Waals surface area contributed by atoms with Crippen molar-refractivity contribution in [2.24, 2.45) is 5.92 Å². The normalized spacial score (nSPS) is 18.9. The van der Waals surface area contributed by atoms with Crippen LogP contribution in [0.5, 0.6) is 5.75 Å². The molecular weight excluding hydrogens is 428 g/mol. The number of ether oxygens (including phenoxy) is 1. The third-order valence-corrected chi connectivity index (χ3v) is 7.49. The van der Waals surface area contributed by atoms with Gasteiger partial charge in [0.2, 0.25) is 0 Å². The summed E-state index contributed by atoms with van der Waals surface area (Å²) in [6.07, 6.45) is 12.6. The molecule has 1 saturated carbocycles. The van der Waals surface area contributed by atoms with Crippen molar-refractivity contribution < 1.29 is 9.53 Å². The van der Waals surface area contributed by atoms with E-state index in [1.807, 2.05) is 43.3 Å². The summed E-state index contributed by atoms with van der Waals surface area (Å²) in [6, 6.07) is 26.8.